The molecule has 3 heteroatoms. The molecule has 0 aliphatic heterocycles. The quantitative estimate of drug-likeness (QED) is 0.888. The van der Waals surface area contributed by atoms with Crippen molar-refractivity contribution in [2.24, 2.45) is 0 Å². The summed E-state index contributed by atoms with van der Waals surface area (Å²) in [5.41, 5.74) is 2.40. The molecule has 0 spiro atoms. The van der Waals surface area contributed by atoms with Crippen molar-refractivity contribution in [3.63, 3.8) is 0 Å². The van der Waals surface area contributed by atoms with Gasteiger partial charge in [0.05, 0.1) is 13.2 Å². The Morgan fingerprint density at radius 2 is 2.00 bits per heavy atom. The number of rotatable bonds is 5. The number of methoxy groups -OCH3 is 1. The predicted octanol–water partition coefficient (Wildman–Crippen LogP) is 3.76. The molecular formula is C16H21NO2. The fraction of sp³-hybridized carbons (Fsp3) is 0.375. The number of ether oxygens (including phenoxy) is 1. The van der Waals surface area contributed by atoms with Crippen molar-refractivity contribution in [3.8, 4) is 5.75 Å². The van der Waals surface area contributed by atoms with Crippen molar-refractivity contribution in [1.29, 1.82) is 0 Å². The highest BCUT2D eigenvalue weighted by Crippen LogP contribution is 2.21. The zero-order valence-electron chi connectivity index (χ0n) is 12.0. The Morgan fingerprint density at radius 1 is 1.21 bits per heavy atom. The molecule has 1 aromatic carbocycles. The third-order valence-corrected chi connectivity index (χ3v) is 3.22. The smallest absolute Gasteiger partial charge is 0.123 e. The fourth-order valence-corrected chi connectivity index (χ4v) is 2.10. The van der Waals surface area contributed by atoms with Crippen LogP contribution in [0.15, 0.2) is 34.7 Å². The van der Waals surface area contributed by atoms with Crippen LogP contribution in [0.3, 0.4) is 0 Å². The first kappa shape index (κ1) is 13.7. The summed E-state index contributed by atoms with van der Waals surface area (Å²) >= 11 is 0. The summed E-state index contributed by atoms with van der Waals surface area (Å²) in [6, 6.07) is 10.4. The number of benzene rings is 1. The highest BCUT2D eigenvalue weighted by molar-refractivity contribution is 5.36. The SMILES string of the molecule is COc1ccc(C)cc1CNC(C)c1ccc(C)o1. The van der Waals surface area contributed by atoms with Crippen molar-refractivity contribution in [1.82, 2.24) is 5.32 Å². The molecular weight excluding hydrogens is 238 g/mol. The topological polar surface area (TPSA) is 34.4 Å². The molecule has 0 saturated carbocycles. The van der Waals surface area contributed by atoms with E-state index in [9.17, 15) is 0 Å². The summed E-state index contributed by atoms with van der Waals surface area (Å²) in [5, 5.41) is 3.46. The molecule has 1 heterocycles. The lowest BCUT2D eigenvalue weighted by atomic mass is 10.1. The molecule has 0 saturated heterocycles. The predicted molar refractivity (Wildman–Crippen MR) is 76.4 cm³/mol. The summed E-state index contributed by atoms with van der Waals surface area (Å²) in [6.45, 7) is 6.90. The van der Waals surface area contributed by atoms with E-state index in [1.54, 1.807) is 7.11 Å². The van der Waals surface area contributed by atoms with E-state index in [1.165, 1.54) is 5.56 Å². The third-order valence-electron chi connectivity index (χ3n) is 3.22. The van der Waals surface area contributed by atoms with Gasteiger partial charge in [0.2, 0.25) is 0 Å². The number of nitrogens with one attached hydrogen (secondary N) is 1. The summed E-state index contributed by atoms with van der Waals surface area (Å²) in [5.74, 6) is 2.82. The van der Waals surface area contributed by atoms with Crippen LogP contribution in [0.5, 0.6) is 5.75 Å². The van der Waals surface area contributed by atoms with E-state index in [1.807, 2.05) is 25.1 Å². The monoisotopic (exact) mass is 259 g/mol. The number of aryl methyl sites for hydroxylation is 2. The van der Waals surface area contributed by atoms with E-state index in [0.29, 0.717) is 0 Å². The van der Waals surface area contributed by atoms with Crippen LogP contribution in [0, 0.1) is 13.8 Å². The second-order valence-corrected chi connectivity index (χ2v) is 4.87. The Bertz CT molecular complexity index is 545. The Balaban J connectivity index is 2.04. The van der Waals surface area contributed by atoms with Gasteiger partial charge in [0.25, 0.3) is 0 Å². The molecule has 19 heavy (non-hydrogen) atoms. The minimum Gasteiger partial charge on any atom is -0.496 e. The van der Waals surface area contributed by atoms with Crippen molar-refractivity contribution in [2.75, 3.05) is 7.11 Å². The first-order valence-corrected chi connectivity index (χ1v) is 6.53. The second-order valence-electron chi connectivity index (χ2n) is 4.87. The van der Waals surface area contributed by atoms with Gasteiger partial charge < -0.3 is 14.5 Å². The van der Waals surface area contributed by atoms with Gasteiger partial charge in [0.1, 0.15) is 17.3 Å². The molecule has 1 unspecified atom stereocenters. The van der Waals surface area contributed by atoms with E-state index in [0.717, 1.165) is 29.4 Å². The Morgan fingerprint density at radius 3 is 2.63 bits per heavy atom. The lowest BCUT2D eigenvalue weighted by molar-refractivity contribution is 0.395. The van der Waals surface area contributed by atoms with Gasteiger partial charge in [-0.3, -0.25) is 0 Å². The van der Waals surface area contributed by atoms with E-state index in [-0.39, 0.29) is 6.04 Å². The van der Waals surface area contributed by atoms with Crippen LogP contribution >= 0.6 is 0 Å². The summed E-state index contributed by atoms with van der Waals surface area (Å²) in [4.78, 5) is 0. The van der Waals surface area contributed by atoms with E-state index < -0.39 is 0 Å². The van der Waals surface area contributed by atoms with Crippen molar-refractivity contribution >= 4 is 0 Å². The highest BCUT2D eigenvalue weighted by Gasteiger charge is 2.10. The van der Waals surface area contributed by atoms with Crippen LogP contribution in [-0.2, 0) is 6.54 Å². The van der Waals surface area contributed by atoms with Crippen molar-refractivity contribution in [3.05, 3.63) is 53.0 Å². The van der Waals surface area contributed by atoms with Crippen LogP contribution in [0.25, 0.3) is 0 Å². The lowest BCUT2D eigenvalue weighted by Gasteiger charge is -2.14. The van der Waals surface area contributed by atoms with Gasteiger partial charge in [-0.15, -0.1) is 0 Å². The maximum Gasteiger partial charge on any atom is 0.123 e. The minimum absolute atomic E-state index is 0.180. The maximum atomic E-state index is 5.62. The average molecular weight is 259 g/mol. The average Bonchev–Trinajstić information content (AvgIpc) is 2.83. The molecule has 0 fully saturated rings. The summed E-state index contributed by atoms with van der Waals surface area (Å²) in [6.07, 6.45) is 0. The first-order valence-electron chi connectivity index (χ1n) is 6.53. The number of hydrogen-bond acceptors (Lipinski definition) is 3. The maximum absolute atomic E-state index is 5.62. The normalized spacial score (nSPS) is 12.4. The van der Waals surface area contributed by atoms with Gasteiger partial charge >= 0.3 is 0 Å². The van der Waals surface area contributed by atoms with Gasteiger partial charge in [0, 0.05) is 12.1 Å². The fourth-order valence-electron chi connectivity index (χ4n) is 2.10. The molecule has 2 rings (SSSR count). The standard InChI is InChI=1S/C16H21NO2/c1-11-5-7-16(18-4)14(9-11)10-17-13(3)15-8-6-12(2)19-15/h5-9,13,17H,10H2,1-4H3. The zero-order valence-corrected chi connectivity index (χ0v) is 12.0. The third kappa shape index (κ3) is 3.38. The van der Waals surface area contributed by atoms with E-state index in [4.69, 9.17) is 9.15 Å². The lowest BCUT2D eigenvalue weighted by Crippen LogP contribution is -2.18. The van der Waals surface area contributed by atoms with Crippen molar-refractivity contribution in [2.45, 2.75) is 33.4 Å². The van der Waals surface area contributed by atoms with Crippen LogP contribution < -0.4 is 10.1 Å². The molecule has 2 aromatic rings. The largest absolute Gasteiger partial charge is 0.496 e. The second kappa shape index (κ2) is 5.93. The van der Waals surface area contributed by atoms with Crippen molar-refractivity contribution < 1.29 is 9.15 Å². The van der Waals surface area contributed by atoms with Gasteiger partial charge in [-0.25, -0.2) is 0 Å². The Kier molecular flexibility index (Phi) is 4.27. The molecule has 1 N–H and O–H groups in total. The molecule has 1 atom stereocenters. The Hall–Kier alpha value is -1.74. The number of furan rings is 1. The molecule has 0 aliphatic carbocycles. The van der Waals surface area contributed by atoms with Crippen LogP contribution in [0.1, 0.15) is 35.6 Å². The highest BCUT2D eigenvalue weighted by atomic mass is 16.5. The van der Waals surface area contributed by atoms with Gasteiger partial charge in [0.15, 0.2) is 0 Å². The van der Waals surface area contributed by atoms with E-state index in [2.05, 4.69) is 31.3 Å². The van der Waals surface area contributed by atoms with E-state index >= 15 is 0 Å². The van der Waals surface area contributed by atoms with Gasteiger partial charge in [-0.05, 0) is 39.0 Å². The first-order chi connectivity index (χ1) is 9.10. The molecule has 0 radical (unpaired) electrons. The van der Waals surface area contributed by atoms with Crippen LogP contribution in [0.2, 0.25) is 0 Å². The van der Waals surface area contributed by atoms with Gasteiger partial charge in [-0.1, -0.05) is 17.7 Å². The number of hydrogen-bond donors (Lipinski definition) is 1. The molecule has 0 amide bonds. The molecule has 0 bridgehead atoms. The molecule has 0 aliphatic rings. The molecule has 1 aromatic heterocycles. The summed E-state index contributed by atoms with van der Waals surface area (Å²) in [7, 11) is 1.70. The van der Waals surface area contributed by atoms with Crippen LogP contribution in [-0.4, -0.2) is 7.11 Å². The Labute approximate surface area is 114 Å². The van der Waals surface area contributed by atoms with Gasteiger partial charge in [-0.2, -0.15) is 0 Å². The zero-order chi connectivity index (χ0) is 13.8. The summed E-state index contributed by atoms with van der Waals surface area (Å²) < 4.78 is 11.0. The molecule has 102 valence electrons. The molecule has 3 nitrogen and oxygen atoms in total. The van der Waals surface area contributed by atoms with Crippen LogP contribution in [0.4, 0.5) is 0 Å². The minimum atomic E-state index is 0.180.